The average Bonchev–Trinajstić information content (AvgIpc) is 2.92. The van der Waals surface area contributed by atoms with Crippen LogP contribution in [0.25, 0.3) is 0 Å². The molecule has 0 aliphatic carbocycles. The van der Waals surface area contributed by atoms with Gasteiger partial charge < -0.3 is 10.2 Å². The Labute approximate surface area is 232 Å². The van der Waals surface area contributed by atoms with Gasteiger partial charge in [-0.2, -0.15) is 0 Å². The van der Waals surface area contributed by atoms with Crippen LogP contribution in [-0.2, 0) is 26.2 Å². The van der Waals surface area contributed by atoms with E-state index in [4.69, 9.17) is 0 Å². The van der Waals surface area contributed by atoms with Crippen molar-refractivity contribution >= 4 is 27.5 Å². The van der Waals surface area contributed by atoms with Crippen LogP contribution in [0.4, 0.5) is 5.69 Å². The normalized spacial score (nSPS) is 12.8. The maximum absolute atomic E-state index is 14.1. The lowest BCUT2D eigenvalue weighted by Gasteiger charge is -2.34. The molecule has 3 rings (SSSR count). The van der Waals surface area contributed by atoms with E-state index in [-0.39, 0.29) is 23.4 Å². The Balaban J connectivity index is 2.06. The average molecular weight is 550 g/mol. The van der Waals surface area contributed by atoms with E-state index in [9.17, 15) is 18.0 Å². The second-order valence-electron chi connectivity index (χ2n) is 9.85. The molecule has 208 valence electrons. The van der Waals surface area contributed by atoms with Crippen molar-refractivity contribution in [2.24, 2.45) is 0 Å². The number of rotatable bonds is 12. The molecule has 0 aromatic heterocycles. The minimum Gasteiger partial charge on any atom is -0.352 e. The largest absolute Gasteiger partial charge is 0.352 e. The lowest BCUT2D eigenvalue weighted by atomic mass is 10.1. The van der Waals surface area contributed by atoms with Crippen LogP contribution >= 0.6 is 0 Å². The van der Waals surface area contributed by atoms with Crippen molar-refractivity contribution in [1.29, 1.82) is 0 Å². The zero-order valence-corrected chi connectivity index (χ0v) is 24.2. The van der Waals surface area contributed by atoms with E-state index in [2.05, 4.69) is 5.32 Å². The summed E-state index contributed by atoms with van der Waals surface area (Å²) in [6.45, 7) is 9.33. The number of nitrogens with one attached hydrogen (secondary N) is 1. The molecule has 0 fully saturated rings. The summed E-state index contributed by atoms with van der Waals surface area (Å²) in [6.07, 6.45) is 1.14. The van der Waals surface area contributed by atoms with Gasteiger partial charge in [0.1, 0.15) is 12.6 Å². The molecule has 39 heavy (non-hydrogen) atoms. The number of carbonyl (C=O) groups excluding carboxylic acids is 2. The Morgan fingerprint density at radius 1 is 0.872 bits per heavy atom. The molecule has 8 heteroatoms. The summed E-state index contributed by atoms with van der Waals surface area (Å²) in [6, 6.07) is 22.0. The lowest BCUT2D eigenvalue weighted by molar-refractivity contribution is -0.140. The van der Waals surface area contributed by atoms with E-state index in [1.54, 1.807) is 36.4 Å². The van der Waals surface area contributed by atoms with Gasteiger partial charge in [-0.05, 0) is 74.6 Å². The number of anilines is 1. The number of amides is 2. The first kappa shape index (κ1) is 29.9. The highest BCUT2D eigenvalue weighted by Gasteiger charge is 2.34. The third kappa shape index (κ3) is 7.47. The molecule has 1 N–H and O–H groups in total. The highest BCUT2D eigenvalue weighted by Crippen LogP contribution is 2.26. The van der Waals surface area contributed by atoms with Crippen molar-refractivity contribution in [3.05, 3.63) is 95.6 Å². The quantitative estimate of drug-likeness (QED) is 0.336. The van der Waals surface area contributed by atoms with E-state index < -0.39 is 28.5 Å². The van der Waals surface area contributed by atoms with Crippen molar-refractivity contribution in [2.45, 2.75) is 71.0 Å². The van der Waals surface area contributed by atoms with E-state index in [1.165, 1.54) is 17.0 Å². The highest BCUT2D eigenvalue weighted by molar-refractivity contribution is 7.92. The molecule has 2 atom stereocenters. The maximum atomic E-state index is 14.1. The van der Waals surface area contributed by atoms with Crippen LogP contribution in [0.2, 0.25) is 0 Å². The van der Waals surface area contributed by atoms with E-state index in [1.807, 2.05) is 65.0 Å². The van der Waals surface area contributed by atoms with Gasteiger partial charge in [-0.25, -0.2) is 8.42 Å². The molecule has 2 amide bonds. The van der Waals surface area contributed by atoms with Crippen molar-refractivity contribution in [3.8, 4) is 0 Å². The molecular formula is C31H39N3O4S. The van der Waals surface area contributed by atoms with Crippen molar-refractivity contribution in [2.75, 3.05) is 10.8 Å². The summed E-state index contributed by atoms with van der Waals surface area (Å²) in [5.74, 6) is -0.702. The van der Waals surface area contributed by atoms with Gasteiger partial charge >= 0.3 is 0 Å². The first-order valence-corrected chi connectivity index (χ1v) is 14.8. The summed E-state index contributed by atoms with van der Waals surface area (Å²) < 4.78 is 28.8. The maximum Gasteiger partial charge on any atom is 0.264 e. The zero-order chi connectivity index (χ0) is 28.6. The van der Waals surface area contributed by atoms with Gasteiger partial charge in [0.2, 0.25) is 11.8 Å². The molecular weight excluding hydrogens is 510 g/mol. The lowest BCUT2D eigenvalue weighted by Crippen LogP contribution is -2.53. The number of aryl methyl sites for hydroxylation is 2. The van der Waals surface area contributed by atoms with Crippen LogP contribution in [0.15, 0.2) is 83.8 Å². The van der Waals surface area contributed by atoms with Crippen LogP contribution in [0, 0.1) is 13.8 Å². The molecule has 0 heterocycles. The van der Waals surface area contributed by atoms with Crippen LogP contribution in [-0.4, -0.2) is 43.8 Å². The molecule has 3 aromatic carbocycles. The summed E-state index contributed by atoms with van der Waals surface area (Å²) >= 11 is 0. The molecule has 0 saturated carbocycles. The summed E-state index contributed by atoms with van der Waals surface area (Å²) in [5.41, 5.74) is 3.14. The molecule has 0 saturated heterocycles. The van der Waals surface area contributed by atoms with Crippen molar-refractivity contribution in [3.63, 3.8) is 0 Å². The second kappa shape index (κ2) is 13.4. The number of nitrogens with zero attached hydrogens (tertiary/aromatic N) is 2. The molecule has 0 spiro atoms. The Bertz CT molecular complexity index is 1380. The van der Waals surface area contributed by atoms with Crippen molar-refractivity contribution < 1.29 is 18.0 Å². The molecule has 0 bridgehead atoms. The number of carbonyl (C=O) groups is 2. The first-order valence-electron chi connectivity index (χ1n) is 13.4. The standard InChI is InChI=1S/C31H39N3O4S/c1-6-25(5)32-31(36)29(7-2)33(21-26-16-12-11-15-24(26)4)30(35)22-34(27-17-13-14-23(3)20-27)39(37,38)28-18-9-8-10-19-28/h8-20,25,29H,6-7,21-22H2,1-5H3,(H,32,36)/t25-,29-/m0/s1. The number of hydrogen-bond donors (Lipinski definition) is 1. The van der Waals surface area contributed by atoms with E-state index in [0.717, 1.165) is 27.4 Å². The third-order valence-corrected chi connectivity index (χ3v) is 8.68. The van der Waals surface area contributed by atoms with Gasteiger partial charge in [0.25, 0.3) is 10.0 Å². The topological polar surface area (TPSA) is 86.8 Å². The predicted octanol–water partition coefficient (Wildman–Crippen LogP) is 5.22. The minimum atomic E-state index is -4.07. The fourth-order valence-corrected chi connectivity index (χ4v) is 5.79. The summed E-state index contributed by atoms with van der Waals surface area (Å²) in [4.78, 5) is 29.1. The molecule has 0 aliphatic rings. The molecule has 7 nitrogen and oxygen atoms in total. The minimum absolute atomic E-state index is 0.0517. The monoisotopic (exact) mass is 549 g/mol. The van der Waals surface area contributed by atoms with Gasteiger partial charge in [0, 0.05) is 12.6 Å². The predicted molar refractivity (Wildman–Crippen MR) is 156 cm³/mol. The van der Waals surface area contributed by atoms with Crippen LogP contribution in [0.3, 0.4) is 0 Å². The van der Waals surface area contributed by atoms with E-state index in [0.29, 0.717) is 12.1 Å². The fourth-order valence-electron chi connectivity index (χ4n) is 4.36. The van der Waals surface area contributed by atoms with Gasteiger partial charge in [-0.3, -0.25) is 13.9 Å². The van der Waals surface area contributed by atoms with Gasteiger partial charge in [0.05, 0.1) is 10.6 Å². The number of hydrogen-bond acceptors (Lipinski definition) is 4. The number of benzene rings is 3. The molecule has 0 aliphatic heterocycles. The molecule has 3 aromatic rings. The van der Waals surface area contributed by atoms with Crippen LogP contribution in [0.5, 0.6) is 0 Å². The van der Waals surface area contributed by atoms with Gasteiger partial charge in [-0.15, -0.1) is 0 Å². The van der Waals surface area contributed by atoms with E-state index >= 15 is 0 Å². The molecule has 0 radical (unpaired) electrons. The SMILES string of the molecule is CC[C@H](C)NC(=O)[C@H](CC)N(Cc1ccccc1C)C(=O)CN(c1cccc(C)c1)S(=O)(=O)c1ccccc1. The first-order chi connectivity index (χ1) is 18.6. The Hall–Kier alpha value is -3.65. The third-order valence-electron chi connectivity index (χ3n) is 6.89. The van der Waals surface area contributed by atoms with Crippen LogP contribution in [0.1, 0.15) is 50.3 Å². The Kier molecular flexibility index (Phi) is 10.3. The van der Waals surface area contributed by atoms with Gasteiger partial charge in [-0.1, -0.05) is 68.4 Å². The highest BCUT2D eigenvalue weighted by atomic mass is 32.2. The molecule has 0 unspecified atom stereocenters. The van der Waals surface area contributed by atoms with Crippen LogP contribution < -0.4 is 9.62 Å². The number of sulfonamides is 1. The smallest absolute Gasteiger partial charge is 0.264 e. The fraction of sp³-hybridized carbons (Fsp3) is 0.355. The Morgan fingerprint density at radius 2 is 1.54 bits per heavy atom. The summed E-state index contributed by atoms with van der Waals surface area (Å²) in [5, 5.41) is 3.00. The van der Waals surface area contributed by atoms with Gasteiger partial charge in [0.15, 0.2) is 0 Å². The Morgan fingerprint density at radius 3 is 2.15 bits per heavy atom. The summed E-state index contributed by atoms with van der Waals surface area (Å²) in [7, 11) is -4.07. The zero-order valence-electron chi connectivity index (χ0n) is 23.4. The van der Waals surface area contributed by atoms with Crippen molar-refractivity contribution in [1.82, 2.24) is 10.2 Å². The second-order valence-corrected chi connectivity index (χ2v) is 11.7.